The maximum atomic E-state index is 11.4. The molecule has 0 aromatic rings. The van der Waals surface area contributed by atoms with Crippen LogP contribution in [-0.4, -0.2) is 24.5 Å². The van der Waals surface area contributed by atoms with Crippen LogP contribution in [0, 0.1) is 0 Å². The Kier molecular flexibility index (Phi) is 21.8. The van der Waals surface area contributed by atoms with Crippen molar-refractivity contribution in [3.05, 3.63) is 0 Å². The first-order valence-electron chi connectivity index (χ1n) is 6.56. The molecule has 0 amide bonds. The second-order valence-electron chi connectivity index (χ2n) is 4.56. The molecule has 0 aliphatic carbocycles. The van der Waals surface area contributed by atoms with Crippen molar-refractivity contribution in [2.75, 3.05) is 18.5 Å². The summed E-state index contributed by atoms with van der Waals surface area (Å²) < 4.78 is 0. The van der Waals surface area contributed by atoms with Gasteiger partial charge in [-0.1, -0.05) is 40.0 Å². The van der Waals surface area contributed by atoms with E-state index in [1.165, 1.54) is 63.0 Å². The number of hydrogen-bond acceptors (Lipinski definition) is 1. The summed E-state index contributed by atoms with van der Waals surface area (Å²) in [5.41, 5.74) is 0. The summed E-state index contributed by atoms with van der Waals surface area (Å²) in [4.78, 5) is 11.4. The third-order valence-corrected chi connectivity index (χ3v) is 7.16. The van der Waals surface area contributed by atoms with E-state index in [9.17, 15) is 4.79 Å². The summed E-state index contributed by atoms with van der Waals surface area (Å²) in [7, 11) is -1.21. The van der Waals surface area contributed by atoms with Gasteiger partial charge in [-0.15, -0.1) is 0 Å². The number of carbonyl (C=O) groups excluding carboxylic acids is 1. The molecule has 17 heavy (non-hydrogen) atoms. The van der Waals surface area contributed by atoms with Gasteiger partial charge in [-0.2, -0.15) is 0 Å². The van der Waals surface area contributed by atoms with Gasteiger partial charge in [-0.25, -0.2) is 0 Å². The van der Waals surface area contributed by atoms with E-state index in [1.54, 1.807) is 0 Å². The second kappa shape index (κ2) is 15.7. The van der Waals surface area contributed by atoms with Crippen molar-refractivity contribution in [3.8, 4) is 0 Å². The molecule has 0 fully saturated rings. The van der Waals surface area contributed by atoms with E-state index in [1.807, 2.05) is 0 Å². The summed E-state index contributed by atoms with van der Waals surface area (Å²) >= 11 is 0. The first-order chi connectivity index (χ1) is 7.24. The summed E-state index contributed by atoms with van der Waals surface area (Å²) in [6.45, 7) is 6.66. The molecule has 0 aliphatic rings. The van der Waals surface area contributed by atoms with Gasteiger partial charge in [0, 0.05) is 16.8 Å². The first kappa shape index (κ1) is 23.7. The van der Waals surface area contributed by atoms with Crippen molar-refractivity contribution in [2.24, 2.45) is 0 Å². The molecule has 0 heterocycles. The average Bonchev–Trinajstić information content (AvgIpc) is 2.29. The van der Waals surface area contributed by atoms with Crippen LogP contribution in [0.1, 0.15) is 60.7 Å². The predicted molar refractivity (Wildman–Crippen MR) is 74.1 cm³/mol. The van der Waals surface area contributed by atoms with Crippen LogP contribution < -0.4 is 29.6 Å². The van der Waals surface area contributed by atoms with Gasteiger partial charge in [-0.3, -0.25) is 4.79 Å². The molecular weight excluding hydrogens is 285 g/mol. The molecule has 0 spiro atoms. The molecule has 0 saturated heterocycles. The number of hydrogen-bond donors (Lipinski definition) is 0. The molecule has 0 aliphatic heterocycles. The Morgan fingerprint density at radius 2 is 1.18 bits per heavy atom. The van der Waals surface area contributed by atoms with Crippen LogP contribution in [0.15, 0.2) is 0 Å². The Labute approximate surface area is 143 Å². The maximum absolute atomic E-state index is 11.4. The fourth-order valence-corrected chi connectivity index (χ4v) is 5.74. The van der Waals surface area contributed by atoms with Gasteiger partial charge in [0.05, 0.1) is 25.7 Å². The molecule has 101 valence electrons. The van der Waals surface area contributed by atoms with Crippen LogP contribution in [0.25, 0.3) is 0 Å². The first-order valence-corrected chi connectivity index (χ1v) is 8.98. The van der Waals surface area contributed by atoms with Crippen LogP contribution in [0.2, 0.25) is 0 Å². The van der Waals surface area contributed by atoms with Crippen molar-refractivity contribution in [1.29, 1.82) is 0 Å². The van der Waals surface area contributed by atoms with Crippen molar-refractivity contribution >= 4 is 13.3 Å². The van der Waals surface area contributed by atoms with E-state index < -0.39 is 7.26 Å². The van der Waals surface area contributed by atoms with E-state index in [2.05, 4.69) is 20.8 Å². The van der Waals surface area contributed by atoms with Crippen molar-refractivity contribution in [2.45, 2.75) is 59.3 Å². The van der Waals surface area contributed by atoms with E-state index in [0.29, 0.717) is 0 Å². The molecule has 0 N–H and O–H groups in total. The Bertz CT molecular complexity index is 151. The van der Waals surface area contributed by atoms with E-state index >= 15 is 0 Å². The molecule has 0 bridgehead atoms. The quantitative estimate of drug-likeness (QED) is 0.341. The molecular formula is C13H29CoNaOP+. The average molecular weight is 314 g/mol. The topological polar surface area (TPSA) is 17.1 Å². The van der Waals surface area contributed by atoms with Crippen molar-refractivity contribution in [1.82, 2.24) is 0 Å². The fourth-order valence-electron chi connectivity index (χ4n) is 1.91. The van der Waals surface area contributed by atoms with Crippen LogP contribution in [0.3, 0.4) is 0 Å². The van der Waals surface area contributed by atoms with Gasteiger partial charge < -0.3 is 1.43 Å². The van der Waals surface area contributed by atoms with Gasteiger partial charge >= 0.3 is 29.6 Å². The van der Waals surface area contributed by atoms with Gasteiger partial charge in [0.15, 0.2) is 0 Å². The van der Waals surface area contributed by atoms with Gasteiger partial charge in [0.25, 0.3) is 6.03 Å². The van der Waals surface area contributed by atoms with Crippen LogP contribution in [0.4, 0.5) is 0 Å². The number of rotatable bonds is 10. The minimum absolute atomic E-state index is 0. The van der Waals surface area contributed by atoms with Gasteiger partial charge in [0.2, 0.25) is 0 Å². The van der Waals surface area contributed by atoms with E-state index in [4.69, 9.17) is 0 Å². The zero-order chi connectivity index (χ0) is 11.6. The third kappa shape index (κ3) is 11.2. The third-order valence-electron chi connectivity index (χ3n) is 3.09. The normalized spacial score (nSPS) is 10.3. The SMILES string of the molecule is CCCC[P+](C=O)(CCCC)CCCC.[Co].[H-].[Na+]. The van der Waals surface area contributed by atoms with Crippen molar-refractivity contribution < 1.29 is 52.6 Å². The second-order valence-corrected chi connectivity index (χ2v) is 8.54. The minimum atomic E-state index is -1.21. The summed E-state index contributed by atoms with van der Waals surface area (Å²) in [5, 5.41) is 0. The summed E-state index contributed by atoms with van der Waals surface area (Å²) in [5.74, 6) is 0. The molecule has 0 aromatic carbocycles. The molecule has 0 saturated carbocycles. The minimum Gasteiger partial charge on any atom is -1.00 e. The predicted octanol–water partition coefficient (Wildman–Crippen LogP) is 1.71. The summed E-state index contributed by atoms with van der Waals surface area (Å²) in [6, 6.07) is 1.37. The molecule has 4 heteroatoms. The number of carbonyl (C=O) groups is 1. The van der Waals surface area contributed by atoms with Crippen LogP contribution in [0.5, 0.6) is 0 Å². The molecule has 1 nitrogen and oxygen atoms in total. The smallest absolute Gasteiger partial charge is 1.00 e. The largest absolute Gasteiger partial charge is 1.00 e. The molecule has 0 aromatic heterocycles. The standard InChI is InChI=1S/C13H28OP.Co.Na.H/c1-4-7-10-15(13-14,11-8-5-2)12-9-6-3;;;/h13H,4-12H2,1-3H3;;;/q+1;;+1;-1. The monoisotopic (exact) mass is 314 g/mol. The molecule has 0 atom stereocenters. The summed E-state index contributed by atoms with van der Waals surface area (Å²) in [6.07, 6.45) is 11.1. The van der Waals surface area contributed by atoms with Gasteiger partial charge in [0.1, 0.15) is 0 Å². The number of unbranched alkanes of at least 4 members (excludes halogenated alkanes) is 3. The Balaban J connectivity index is -0.000000327. The Morgan fingerprint density at radius 3 is 1.35 bits per heavy atom. The maximum Gasteiger partial charge on any atom is 1.00 e. The molecule has 1 radical (unpaired) electrons. The van der Waals surface area contributed by atoms with Crippen LogP contribution in [-0.2, 0) is 21.6 Å². The van der Waals surface area contributed by atoms with Crippen molar-refractivity contribution in [3.63, 3.8) is 0 Å². The zero-order valence-corrected chi connectivity index (χ0v) is 16.1. The van der Waals surface area contributed by atoms with Crippen LogP contribution >= 0.6 is 7.26 Å². The van der Waals surface area contributed by atoms with E-state index in [-0.39, 0.29) is 47.8 Å². The Morgan fingerprint density at radius 1 is 0.882 bits per heavy atom. The Hall–Kier alpha value is 1.61. The van der Waals surface area contributed by atoms with E-state index in [0.717, 1.165) is 0 Å². The molecule has 0 rings (SSSR count). The van der Waals surface area contributed by atoms with Gasteiger partial charge in [-0.05, 0) is 19.3 Å². The molecule has 0 unspecified atom stereocenters. The fraction of sp³-hybridized carbons (Fsp3) is 0.923. The zero-order valence-electron chi connectivity index (χ0n) is 13.1.